The van der Waals surface area contributed by atoms with Crippen LogP contribution in [0.2, 0.25) is 0 Å². The Morgan fingerprint density at radius 3 is 2.18 bits per heavy atom. The molecule has 1 aliphatic carbocycles. The van der Waals surface area contributed by atoms with Crippen molar-refractivity contribution < 1.29 is 38.3 Å². The number of nitrogens with zero attached hydrogens (tertiary/aromatic N) is 2. The van der Waals surface area contributed by atoms with Gasteiger partial charge in [-0.15, -0.1) is 0 Å². The summed E-state index contributed by atoms with van der Waals surface area (Å²) in [4.78, 5) is 95.4. The summed E-state index contributed by atoms with van der Waals surface area (Å²) < 4.78 is 5.34. The van der Waals surface area contributed by atoms with Crippen LogP contribution in [0.25, 0.3) is 0 Å². The molecule has 3 rings (SSSR count). The second kappa shape index (κ2) is 19.8. The number of rotatable bonds is 16. The van der Waals surface area contributed by atoms with Gasteiger partial charge in [0.1, 0.15) is 18.1 Å². The molecule has 1 saturated heterocycles. The van der Waals surface area contributed by atoms with Gasteiger partial charge in [0.2, 0.25) is 29.4 Å². The molecule has 14 nitrogen and oxygen atoms in total. The number of likely N-dealkylation sites (N-methyl/N-ethyl adjacent to an activating group) is 1. The van der Waals surface area contributed by atoms with Crippen molar-refractivity contribution in [2.45, 2.75) is 116 Å². The third kappa shape index (κ3) is 11.8. The fraction of sp³-hybridized carbons (Fsp3) is 0.649. The summed E-state index contributed by atoms with van der Waals surface area (Å²) >= 11 is 0. The molecule has 4 N–H and O–H groups in total. The highest BCUT2D eigenvalue weighted by Gasteiger charge is 2.44. The molecule has 0 aromatic heterocycles. The Hall–Kier alpha value is -4.49. The summed E-state index contributed by atoms with van der Waals surface area (Å²) in [6, 6.07) is 4.39. The summed E-state index contributed by atoms with van der Waals surface area (Å²) in [6.07, 6.45) is 5.28. The molecule has 2 aliphatic rings. The minimum Gasteiger partial charge on any atom is -0.449 e. The van der Waals surface area contributed by atoms with Gasteiger partial charge < -0.3 is 35.8 Å². The van der Waals surface area contributed by atoms with Crippen LogP contribution in [0.4, 0.5) is 4.79 Å². The fourth-order valence-electron chi connectivity index (χ4n) is 6.67. The van der Waals surface area contributed by atoms with Gasteiger partial charge in [-0.1, -0.05) is 76.8 Å². The molecule has 1 aromatic carbocycles. The van der Waals surface area contributed by atoms with E-state index in [1.807, 2.05) is 20.8 Å². The Kier molecular flexibility index (Phi) is 15.9. The largest absolute Gasteiger partial charge is 0.449 e. The first-order valence-corrected chi connectivity index (χ1v) is 18.2. The maximum Gasteiger partial charge on any atom is 0.407 e. The van der Waals surface area contributed by atoms with Crippen LogP contribution in [0.15, 0.2) is 30.3 Å². The molecule has 51 heavy (non-hydrogen) atoms. The number of amides is 6. The second-order valence-electron chi connectivity index (χ2n) is 14.2. The minimum atomic E-state index is -1.19. The minimum absolute atomic E-state index is 0.103. The third-order valence-electron chi connectivity index (χ3n) is 9.40. The van der Waals surface area contributed by atoms with Crippen molar-refractivity contribution >= 4 is 41.4 Å². The molecule has 0 bridgehead atoms. The lowest BCUT2D eigenvalue weighted by atomic mass is 9.83. The first-order chi connectivity index (χ1) is 24.2. The van der Waals surface area contributed by atoms with Crippen LogP contribution in [-0.2, 0) is 33.5 Å². The van der Waals surface area contributed by atoms with E-state index in [-0.39, 0.29) is 42.7 Å². The SMILES string of the molecule is CCC[C@H](NC(=O)[C@@H]1CCC(C)N1C(=O)[C@@H](NC(=O)OCC(C)C)C1CCCCC1)C(=O)C(=O)NCC(=O)N[C@H](C(=O)N(C)C)c1ccccc1. The lowest BCUT2D eigenvalue weighted by Gasteiger charge is -2.36. The molecule has 2 fully saturated rings. The van der Waals surface area contributed by atoms with Gasteiger partial charge in [-0.3, -0.25) is 28.8 Å². The lowest BCUT2D eigenvalue weighted by molar-refractivity contribution is -0.144. The number of carbonyl (C=O) groups excluding carboxylic acids is 7. The Labute approximate surface area is 301 Å². The van der Waals surface area contributed by atoms with Crippen molar-refractivity contribution in [3.63, 3.8) is 0 Å². The molecule has 1 aromatic rings. The number of Topliss-reactive ketones (excluding diaryl/α,β-unsaturated/α-hetero) is 1. The number of ether oxygens (including phenoxy) is 1. The first kappa shape index (κ1) is 40.9. The molecule has 1 unspecified atom stereocenters. The highest BCUT2D eigenvalue weighted by molar-refractivity contribution is 6.38. The van der Waals surface area contributed by atoms with Crippen molar-refractivity contribution in [3.05, 3.63) is 35.9 Å². The van der Waals surface area contributed by atoms with Gasteiger partial charge in [-0.25, -0.2) is 4.79 Å². The van der Waals surface area contributed by atoms with E-state index in [0.717, 1.165) is 32.1 Å². The Morgan fingerprint density at radius 1 is 0.902 bits per heavy atom. The molecule has 282 valence electrons. The van der Waals surface area contributed by atoms with Crippen LogP contribution in [0.3, 0.4) is 0 Å². The van der Waals surface area contributed by atoms with Gasteiger partial charge in [0.25, 0.3) is 5.91 Å². The summed E-state index contributed by atoms with van der Waals surface area (Å²) in [5.41, 5.74) is 0.554. The van der Waals surface area contributed by atoms with Crippen LogP contribution in [0.1, 0.15) is 97.1 Å². The summed E-state index contributed by atoms with van der Waals surface area (Å²) in [5.74, 6) is -3.96. The second-order valence-corrected chi connectivity index (χ2v) is 14.2. The van der Waals surface area contributed by atoms with Crippen LogP contribution < -0.4 is 21.3 Å². The van der Waals surface area contributed by atoms with Gasteiger partial charge in [-0.2, -0.15) is 0 Å². The van der Waals surface area contributed by atoms with Gasteiger partial charge in [-0.05, 0) is 56.4 Å². The van der Waals surface area contributed by atoms with Crippen molar-refractivity contribution in [1.29, 1.82) is 0 Å². The Bertz CT molecular complexity index is 1380. The maximum absolute atomic E-state index is 14.2. The zero-order valence-corrected chi connectivity index (χ0v) is 30.9. The number of carbonyl (C=O) groups is 7. The number of likely N-dealkylation sites (tertiary alicyclic amines) is 1. The van der Waals surface area contributed by atoms with Crippen molar-refractivity contribution in [2.24, 2.45) is 11.8 Å². The standard InChI is InChI=1S/C37H56N6O8/c1-7-14-27(32(45)34(47)38-21-29(44)40-30(35(48)42(5)6)25-15-10-8-11-16-25)39-33(46)28-20-19-24(4)43(28)36(49)31(26-17-12-9-13-18-26)41-37(50)51-22-23(2)3/h8,10-11,15-16,23-24,26-28,30-31H,7,9,12-14,17-22H2,1-6H3,(H,38,47)(H,39,46)(H,40,44)(H,41,50)/t24?,27-,28-,30-,31-/m0/s1. The molecule has 1 aliphatic heterocycles. The molecule has 14 heteroatoms. The van der Waals surface area contributed by atoms with Crippen LogP contribution in [-0.4, -0.2) is 103 Å². The molecule has 5 atom stereocenters. The zero-order valence-electron chi connectivity index (χ0n) is 30.9. The van der Waals surface area contributed by atoms with E-state index in [0.29, 0.717) is 24.8 Å². The van der Waals surface area contributed by atoms with E-state index in [1.54, 1.807) is 51.4 Å². The van der Waals surface area contributed by atoms with E-state index in [2.05, 4.69) is 21.3 Å². The highest BCUT2D eigenvalue weighted by atomic mass is 16.5. The topological polar surface area (TPSA) is 183 Å². The predicted octanol–water partition coefficient (Wildman–Crippen LogP) is 2.61. The number of hydrogen-bond acceptors (Lipinski definition) is 8. The van der Waals surface area contributed by atoms with Gasteiger partial charge in [0, 0.05) is 20.1 Å². The molecule has 0 spiro atoms. The van der Waals surface area contributed by atoms with Gasteiger partial charge >= 0.3 is 6.09 Å². The molecule has 1 heterocycles. The van der Waals surface area contributed by atoms with Crippen molar-refractivity contribution in [2.75, 3.05) is 27.2 Å². The molecular weight excluding hydrogens is 656 g/mol. The van der Waals surface area contributed by atoms with Gasteiger partial charge in [0.05, 0.1) is 19.2 Å². The first-order valence-electron chi connectivity index (χ1n) is 18.2. The molecular formula is C37H56N6O8. The molecule has 6 amide bonds. The van der Waals surface area contributed by atoms with E-state index in [1.165, 1.54) is 9.80 Å². The van der Waals surface area contributed by atoms with Crippen molar-refractivity contribution in [3.8, 4) is 0 Å². The predicted molar refractivity (Wildman–Crippen MR) is 190 cm³/mol. The zero-order chi connectivity index (χ0) is 37.7. The summed E-state index contributed by atoms with van der Waals surface area (Å²) in [6.45, 7) is 7.12. The van der Waals surface area contributed by atoms with Gasteiger partial charge in [0.15, 0.2) is 0 Å². The highest BCUT2D eigenvalue weighted by Crippen LogP contribution is 2.31. The van der Waals surface area contributed by atoms with Crippen LogP contribution >= 0.6 is 0 Å². The average Bonchev–Trinajstić information content (AvgIpc) is 3.51. The average molecular weight is 713 g/mol. The Morgan fingerprint density at radius 2 is 1.57 bits per heavy atom. The maximum atomic E-state index is 14.2. The quantitative estimate of drug-likeness (QED) is 0.189. The molecule has 0 radical (unpaired) electrons. The number of ketones is 1. The van der Waals surface area contributed by atoms with Crippen LogP contribution in [0.5, 0.6) is 0 Å². The van der Waals surface area contributed by atoms with E-state index < -0.39 is 60.3 Å². The summed E-state index contributed by atoms with van der Waals surface area (Å²) in [7, 11) is 3.12. The number of benzene rings is 1. The number of hydrogen-bond donors (Lipinski definition) is 4. The van der Waals surface area contributed by atoms with E-state index in [4.69, 9.17) is 4.74 Å². The van der Waals surface area contributed by atoms with E-state index >= 15 is 0 Å². The smallest absolute Gasteiger partial charge is 0.407 e. The number of alkyl carbamates (subject to hydrolysis) is 1. The lowest BCUT2D eigenvalue weighted by Crippen LogP contribution is -2.59. The third-order valence-corrected chi connectivity index (χ3v) is 9.40. The van der Waals surface area contributed by atoms with Crippen LogP contribution in [0, 0.1) is 11.8 Å². The monoisotopic (exact) mass is 712 g/mol. The normalized spacial score (nSPS) is 19.3. The van der Waals surface area contributed by atoms with Crippen molar-refractivity contribution in [1.82, 2.24) is 31.1 Å². The van der Waals surface area contributed by atoms with E-state index in [9.17, 15) is 33.6 Å². The summed E-state index contributed by atoms with van der Waals surface area (Å²) in [5, 5.41) is 10.4. The Balaban J connectivity index is 1.68. The number of nitrogens with one attached hydrogen (secondary N) is 4. The molecule has 1 saturated carbocycles. The fourth-order valence-corrected chi connectivity index (χ4v) is 6.67.